The fourth-order valence-corrected chi connectivity index (χ4v) is 7.30. The maximum absolute atomic E-state index is 13.2. The Hall–Kier alpha value is -2.67. The zero-order chi connectivity index (χ0) is 28.4. The molecule has 2 bridgehead atoms. The van der Waals surface area contributed by atoms with Crippen LogP contribution in [0.25, 0.3) is 6.08 Å². The normalized spacial score (nSPS) is 34.8. The quantitative estimate of drug-likeness (QED) is 0.163. The number of esters is 3. The van der Waals surface area contributed by atoms with Gasteiger partial charge in [-0.05, 0) is 69.9 Å². The molecule has 1 aromatic carbocycles. The van der Waals surface area contributed by atoms with Crippen LogP contribution in [0.1, 0.15) is 92.1 Å². The first-order chi connectivity index (χ1) is 18.4. The van der Waals surface area contributed by atoms with Gasteiger partial charge in [-0.15, -0.1) is 0 Å². The first-order valence-electron chi connectivity index (χ1n) is 14.4. The van der Waals surface area contributed by atoms with E-state index in [-0.39, 0.29) is 17.8 Å². The lowest BCUT2D eigenvalue weighted by atomic mass is 9.49. The third-order valence-corrected chi connectivity index (χ3v) is 9.40. The molecular weight excluding hydrogens is 496 g/mol. The molecule has 1 spiro atoms. The number of fused-ring (bicyclic) bond motifs is 1. The van der Waals surface area contributed by atoms with Crippen molar-refractivity contribution >= 4 is 24.0 Å². The Morgan fingerprint density at radius 2 is 1.74 bits per heavy atom. The highest BCUT2D eigenvalue weighted by atomic mass is 16.6. The molecule has 0 unspecified atom stereocenters. The zero-order valence-electron chi connectivity index (χ0n) is 24.2. The highest BCUT2D eigenvalue weighted by molar-refractivity contribution is 5.87. The molecule has 1 aliphatic heterocycles. The van der Waals surface area contributed by atoms with Crippen LogP contribution in [-0.2, 0) is 33.3 Å². The predicted octanol–water partition coefficient (Wildman–Crippen LogP) is 6.04. The van der Waals surface area contributed by atoms with E-state index in [9.17, 15) is 14.4 Å². The Morgan fingerprint density at radius 1 is 1.03 bits per heavy atom. The summed E-state index contributed by atoms with van der Waals surface area (Å²) in [5, 5.41) is 0. The largest absolute Gasteiger partial charge is 0.458 e. The van der Waals surface area contributed by atoms with Crippen molar-refractivity contribution in [2.24, 2.45) is 17.3 Å². The summed E-state index contributed by atoms with van der Waals surface area (Å²) in [6, 6.07) is 9.56. The van der Waals surface area contributed by atoms with E-state index in [1.807, 2.05) is 37.3 Å². The molecule has 0 radical (unpaired) electrons. The molecule has 3 fully saturated rings. The summed E-state index contributed by atoms with van der Waals surface area (Å²) in [5.74, 6) is -1.08. The summed E-state index contributed by atoms with van der Waals surface area (Å²) in [7, 11) is 0. The Kier molecular flexibility index (Phi) is 8.60. The molecule has 3 aliphatic rings. The van der Waals surface area contributed by atoms with Crippen molar-refractivity contribution in [3.8, 4) is 0 Å². The van der Waals surface area contributed by atoms with Gasteiger partial charge in [-0.25, -0.2) is 4.79 Å². The van der Waals surface area contributed by atoms with E-state index in [1.165, 1.54) is 13.0 Å². The van der Waals surface area contributed by atoms with Crippen LogP contribution in [0, 0.1) is 17.3 Å². The lowest BCUT2D eigenvalue weighted by molar-refractivity contribution is -0.284. The first kappa shape index (κ1) is 29.3. The van der Waals surface area contributed by atoms with Gasteiger partial charge in [0.1, 0.15) is 12.2 Å². The molecule has 7 nitrogen and oxygen atoms in total. The topological polar surface area (TPSA) is 88.1 Å². The molecule has 39 heavy (non-hydrogen) atoms. The van der Waals surface area contributed by atoms with Crippen LogP contribution in [0.5, 0.6) is 0 Å². The Morgan fingerprint density at radius 3 is 2.41 bits per heavy atom. The molecule has 1 saturated heterocycles. The maximum atomic E-state index is 13.2. The van der Waals surface area contributed by atoms with E-state index in [0.29, 0.717) is 19.3 Å². The van der Waals surface area contributed by atoms with Gasteiger partial charge in [-0.2, -0.15) is 0 Å². The first-order valence-corrected chi connectivity index (χ1v) is 14.4. The number of carbonyl (C=O) groups is 3. The molecule has 4 rings (SSSR count). The minimum Gasteiger partial charge on any atom is -0.458 e. The second-order valence-corrected chi connectivity index (χ2v) is 12.3. The van der Waals surface area contributed by atoms with Gasteiger partial charge >= 0.3 is 17.9 Å². The molecule has 7 atom stereocenters. The minimum atomic E-state index is -0.925. The number of hydrogen-bond acceptors (Lipinski definition) is 7. The second-order valence-electron chi connectivity index (χ2n) is 12.3. The molecule has 0 N–H and O–H groups in total. The van der Waals surface area contributed by atoms with Gasteiger partial charge in [0, 0.05) is 19.4 Å². The molecule has 2 aliphatic carbocycles. The minimum absolute atomic E-state index is 0.0200. The maximum Gasteiger partial charge on any atom is 0.331 e. The van der Waals surface area contributed by atoms with Crippen molar-refractivity contribution in [1.29, 1.82) is 0 Å². The second kappa shape index (κ2) is 11.4. The molecule has 1 heterocycles. The number of carbonyl (C=O) groups excluding carboxylic acids is 3. The Balaban J connectivity index is 1.68. The Labute approximate surface area is 232 Å². The number of rotatable bonds is 9. The van der Waals surface area contributed by atoms with Crippen LogP contribution in [0.2, 0.25) is 0 Å². The third-order valence-electron chi connectivity index (χ3n) is 9.40. The van der Waals surface area contributed by atoms with Crippen molar-refractivity contribution in [1.82, 2.24) is 0 Å². The lowest BCUT2D eigenvalue weighted by Crippen LogP contribution is -2.71. The molecule has 0 amide bonds. The lowest BCUT2D eigenvalue weighted by Gasteiger charge is -2.61. The number of hydrogen-bond donors (Lipinski definition) is 0. The molecule has 1 aromatic rings. The van der Waals surface area contributed by atoms with Gasteiger partial charge in [0.15, 0.2) is 6.10 Å². The monoisotopic (exact) mass is 540 g/mol. The van der Waals surface area contributed by atoms with Gasteiger partial charge in [0.25, 0.3) is 0 Å². The SMILES string of the molecule is CCCCCC(=O)O[C@H]1C[C@@H](C)[C@@]23C[C@@H](C[C@H](OC(=O)/C=C\c4ccccc4)[C@]2(C)[C@H]1OC(C)=O)C(C)(C)O3. The third kappa shape index (κ3) is 5.65. The van der Waals surface area contributed by atoms with Crippen LogP contribution in [0.15, 0.2) is 36.4 Å². The summed E-state index contributed by atoms with van der Waals surface area (Å²) in [6.07, 6.45) is 5.96. The van der Waals surface area contributed by atoms with Crippen molar-refractivity contribution in [2.75, 3.05) is 0 Å². The van der Waals surface area contributed by atoms with Gasteiger partial charge in [-0.1, -0.05) is 57.0 Å². The summed E-state index contributed by atoms with van der Waals surface area (Å²) in [5.41, 5.74) is -1.19. The summed E-state index contributed by atoms with van der Waals surface area (Å²) in [6.45, 7) is 11.7. The van der Waals surface area contributed by atoms with Crippen LogP contribution in [0.3, 0.4) is 0 Å². The van der Waals surface area contributed by atoms with E-state index in [4.69, 9.17) is 18.9 Å². The van der Waals surface area contributed by atoms with Crippen molar-refractivity contribution in [3.63, 3.8) is 0 Å². The fraction of sp³-hybridized carbons (Fsp3) is 0.656. The molecule has 2 saturated carbocycles. The van der Waals surface area contributed by atoms with Crippen LogP contribution >= 0.6 is 0 Å². The average molecular weight is 541 g/mol. The van der Waals surface area contributed by atoms with Crippen molar-refractivity contribution in [2.45, 2.75) is 116 Å². The van der Waals surface area contributed by atoms with Crippen LogP contribution < -0.4 is 0 Å². The van der Waals surface area contributed by atoms with Crippen molar-refractivity contribution in [3.05, 3.63) is 42.0 Å². The summed E-state index contributed by atoms with van der Waals surface area (Å²) >= 11 is 0. The Bertz CT molecular complexity index is 1080. The van der Waals surface area contributed by atoms with Gasteiger partial charge in [-0.3, -0.25) is 9.59 Å². The van der Waals surface area contributed by atoms with Gasteiger partial charge in [0.05, 0.1) is 16.6 Å². The van der Waals surface area contributed by atoms with E-state index >= 15 is 0 Å². The number of unbranched alkanes of at least 4 members (excludes halogenated alkanes) is 2. The highest BCUT2D eigenvalue weighted by Gasteiger charge is 2.75. The smallest absolute Gasteiger partial charge is 0.331 e. The van der Waals surface area contributed by atoms with Crippen LogP contribution in [0.4, 0.5) is 0 Å². The van der Waals surface area contributed by atoms with E-state index < -0.39 is 46.9 Å². The van der Waals surface area contributed by atoms with Gasteiger partial charge in [0.2, 0.25) is 0 Å². The van der Waals surface area contributed by atoms with E-state index in [1.54, 1.807) is 6.08 Å². The highest BCUT2D eigenvalue weighted by Crippen LogP contribution is 2.67. The number of ether oxygens (including phenoxy) is 4. The van der Waals surface area contributed by atoms with E-state index in [2.05, 4.69) is 27.7 Å². The zero-order valence-corrected chi connectivity index (χ0v) is 24.2. The number of benzene rings is 1. The van der Waals surface area contributed by atoms with Crippen molar-refractivity contribution < 1.29 is 33.3 Å². The molecule has 0 aromatic heterocycles. The fourth-order valence-electron chi connectivity index (χ4n) is 7.30. The average Bonchev–Trinajstić information content (AvgIpc) is 3.12. The predicted molar refractivity (Wildman–Crippen MR) is 147 cm³/mol. The standard InChI is InChI=1S/C32H44O7/c1-7-8-10-15-27(34)37-25-18-21(2)32-20-24(30(4,5)39-32)19-26(31(32,6)29(25)36-22(3)33)38-28(35)17-16-23-13-11-9-12-14-23/h9,11-14,16-17,21,24-26,29H,7-8,10,15,18-20H2,1-6H3/b17-16-/t21-,24-,25+,26+,29+,31-,32+/m1/s1. The molecular formula is C32H44O7. The summed E-state index contributed by atoms with van der Waals surface area (Å²) in [4.78, 5) is 38.5. The molecule has 214 valence electrons. The van der Waals surface area contributed by atoms with Crippen LogP contribution in [-0.4, -0.2) is 47.4 Å². The summed E-state index contributed by atoms with van der Waals surface area (Å²) < 4.78 is 25.2. The van der Waals surface area contributed by atoms with E-state index in [0.717, 1.165) is 31.2 Å². The molecule has 7 heteroatoms. The van der Waals surface area contributed by atoms with Gasteiger partial charge < -0.3 is 18.9 Å².